The lowest BCUT2D eigenvalue weighted by Gasteiger charge is -2.14. The van der Waals surface area contributed by atoms with Crippen LogP contribution in [0, 0.1) is 5.92 Å². The first-order valence-corrected chi connectivity index (χ1v) is 5.73. The van der Waals surface area contributed by atoms with Crippen LogP contribution >= 0.6 is 0 Å². The molecule has 1 heterocycles. The van der Waals surface area contributed by atoms with Gasteiger partial charge < -0.3 is 10.1 Å². The fourth-order valence-corrected chi connectivity index (χ4v) is 2.19. The Bertz CT molecular complexity index is 346. The number of hydrogen-bond acceptors (Lipinski definition) is 2. The molecule has 1 aliphatic rings. The first-order valence-electron chi connectivity index (χ1n) is 5.73. The molecule has 0 radical (unpaired) electrons. The van der Waals surface area contributed by atoms with E-state index in [9.17, 15) is 0 Å². The fourth-order valence-electron chi connectivity index (χ4n) is 2.19. The summed E-state index contributed by atoms with van der Waals surface area (Å²) in [5, 5.41) is 3.45. The van der Waals surface area contributed by atoms with E-state index >= 15 is 0 Å². The van der Waals surface area contributed by atoms with Crippen LogP contribution in [0.25, 0.3) is 0 Å². The largest absolute Gasteiger partial charge is 0.494 e. The number of anilines is 1. The van der Waals surface area contributed by atoms with Gasteiger partial charge in [-0.1, -0.05) is 19.9 Å². The molecular formula is C13H19NO. The zero-order chi connectivity index (χ0) is 10.8. The Kier molecular flexibility index (Phi) is 2.85. The SMILES string of the molecule is CCOc1ccc2c(c1)NCC2C(C)C. The van der Waals surface area contributed by atoms with Gasteiger partial charge in [-0.25, -0.2) is 0 Å². The Balaban J connectivity index is 2.25. The molecule has 1 atom stereocenters. The summed E-state index contributed by atoms with van der Waals surface area (Å²) < 4.78 is 5.49. The molecule has 15 heavy (non-hydrogen) atoms. The second-order valence-corrected chi connectivity index (χ2v) is 4.41. The minimum Gasteiger partial charge on any atom is -0.494 e. The third kappa shape index (κ3) is 1.94. The van der Waals surface area contributed by atoms with Gasteiger partial charge in [-0.15, -0.1) is 0 Å². The summed E-state index contributed by atoms with van der Waals surface area (Å²) in [6, 6.07) is 6.39. The van der Waals surface area contributed by atoms with E-state index in [2.05, 4.69) is 37.4 Å². The molecule has 2 nitrogen and oxygen atoms in total. The minimum atomic E-state index is 0.649. The van der Waals surface area contributed by atoms with Gasteiger partial charge in [-0.3, -0.25) is 0 Å². The van der Waals surface area contributed by atoms with Crippen LogP contribution in [0.15, 0.2) is 18.2 Å². The molecule has 0 amide bonds. The highest BCUT2D eigenvalue weighted by molar-refractivity contribution is 5.60. The number of ether oxygens (including phenoxy) is 1. The van der Waals surface area contributed by atoms with Crippen molar-refractivity contribution in [2.24, 2.45) is 5.92 Å². The molecule has 1 aromatic carbocycles. The molecule has 0 spiro atoms. The Morgan fingerprint density at radius 2 is 2.27 bits per heavy atom. The standard InChI is InChI=1S/C13H19NO/c1-4-15-10-5-6-11-12(9(2)3)8-14-13(11)7-10/h5-7,9,12,14H,4,8H2,1-3H3. The van der Waals surface area contributed by atoms with Crippen LogP contribution in [0.2, 0.25) is 0 Å². The monoisotopic (exact) mass is 205 g/mol. The summed E-state index contributed by atoms with van der Waals surface area (Å²) in [6.07, 6.45) is 0. The molecule has 0 saturated carbocycles. The maximum absolute atomic E-state index is 5.49. The predicted molar refractivity (Wildman–Crippen MR) is 63.7 cm³/mol. The number of nitrogens with one attached hydrogen (secondary N) is 1. The van der Waals surface area contributed by atoms with E-state index in [0.717, 1.165) is 18.9 Å². The van der Waals surface area contributed by atoms with Crippen LogP contribution in [-0.2, 0) is 0 Å². The van der Waals surface area contributed by atoms with Crippen molar-refractivity contribution in [1.29, 1.82) is 0 Å². The van der Waals surface area contributed by atoms with E-state index in [1.165, 1.54) is 11.3 Å². The first-order chi connectivity index (χ1) is 7.22. The molecule has 0 aromatic heterocycles. The van der Waals surface area contributed by atoms with Crippen LogP contribution < -0.4 is 10.1 Å². The Hall–Kier alpha value is -1.18. The Morgan fingerprint density at radius 1 is 1.47 bits per heavy atom. The van der Waals surface area contributed by atoms with Crippen molar-refractivity contribution in [2.75, 3.05) is 18.5 Å². The Morgan fingerprint density at radius 3 is 2.93 bits per heavy atom. The molecule has 1 unspecified atom stereocenters. The van der Waals surface area contributed by atoms with Crippen molar-refractivity contribution < 1.29 is 4.74 Å². The van der Waals surface area contributed by atoms with Gasteiger partial charge in [0.05, 0.1) is 6.61 Å². The van der Waals surface area contributed by atoms with Gasteiger partial charge >= 0.3 is 0 Å². The highest BCUT2D eigenvalue weighted by atomic mass is 16.5. The van der Waals surface area contributed by atoms with Gasteiger partial charge in [0, 0.05) is 24.2 Å². The van der Waals surface area contributed by atoms with Crippen molar-refractivity contribution in [3.63, 3.8) is 0 Å². The molecule has 1 N–H and O–H groups in total. The summed E-state index contributed by atoms with van der Waals surface area (Å²) >= 11 is 0. The normalized spacial score (nSPS) is 18.8. The van der Waals surface area contributed by atoms with Crippen molar-refractivity contribution >= 4 is 5.69 Å². The minimum absolute atomic E-state index is 0.649. The van der Waals surface area contributed by atoms with Gasteiger partial charge in [0.25, 0.3) is 0 Å². The maximum atomic E-state index is 5.49. The van der Waals surface area contributed by atoms with Gasteiger partial charge in [0.15, 0.2) is 0 Å². The lowest BCUT2D eigenvalue weighted by atomic mass is 9.90. The second-order valence-electron chi connectivity index (χ2n) is 4.41. The zero-order valence-electron chi connectivity index (χ0n) is 9.71. The number of fused-ring (bicyclic) bond motifs is 1. The summed E-state index contributed by atoms with van der Waals surface area (Å²) in [5.41, 5.74) is 2.69. The number of rotatable bonds is 3. The van der Waals surface area contributed by atoms with Crippen molar-refractivity contribution in [3.05, 3.63) is 23.8 Å². The summed E-state index contributed by atoms with van der Waals surface area (Å²) in [4.78, 5) is 0. The van der Waals surface area contributed by atoms with Crippen LogP contribution in [0.4, 0.5) is 5.69 Å². The average Bonchev–Trinajstić information content (AvgIpc) is 2.61. The Labute approximate surface area is 91.6 Å². The van der Waals surface area contributed by atoms with Crippen molar-refractivity contribution in [3.8, 4) is 5.75 Å². The van der Waals surface area contributed by atoms with Gasteiger partial charge in [-0.05, 0) is 24.5 Å². The molecule has 0 saturated heterocycles. The first kappa shape index (κ1) is 10.3. The summed E-state index contributed by atoms with van der Waals surface area (Å²) in [7, 11) is 0. The predicted octanol–water partition coefficient (Wildman–Crippen LogP) is 3.25. The van der Waals surface area contributed by atoms with E-state index in [-0.39, 0.29) is 0 Å². The van der Waals surface area contributed by atoms with Crippen LogP contribution in [-0.4, -0.2) is 13.2 Å². The molecule has 1 aromatic rings. The van der Waals surface area contributed by atoms with E-state index in [1.807, 2.05) is 6.92 Å². The maximum Gasteiger partial charge on any atom is 0.121 e. The van der Waals surface area contributed by atoms with Crippen LogP contribution in [0.1, 0.15) is 32.3 Å². The molecule has 1 aliphatic heterocycles. The summed E-state index contributed by atoms with van der Waals surface area (Å²) in [6.45, 7) is 8.35. The van der Waals surface area contributed by atoms with Gasteiger partial charge in [0.2, 0.25) is 0 Å². The van der Waals surface area contributed by atoms with Crippen molar-refractivity contribution in [1.82, 2.24) is 0 Å². The molecule has 0 bridgehead atoms. The van der Waals surface area contributed by atoms with Crippen LogP contribution in [0.3, 0.4) is 0 Å². The highest BCUT2D eigenvalue weighted by Gasteiger charge is 2.24. The molecule has 2 heteroatoms. The van der Waals surface area contributed by atoms with E-state index in [1.54, 1.807) is 0 Å². The van der Waals surface area contributed by atoms with Crippen LogP contribution in [0.5, 0.6) is 5.75 Å². The van der Waals surface area contributed by atoms with E-state index in [4.69, 9.17) is 4.74 Å². The third-order valence-corrected chi connectivity index (χ3v) is 3.05. The lowest BCUT2D eigenvalue weighted by molar-refractivity contribution is 0.340. The summed E-state index contributed by atoms with van der Waals surface area (Å²) in [5.74, 6) is 2.31. The molecule has 0 fully saturated rings. The number of benzene rings is 1. The molecular weight excluding hydrogens is 186 g/mol. The quantitative estimate of drug-likeness (QED) is 0.817. The van der Waals surface area contributed by atoms with Gasteiger partial charge in [-0.2, -0.15) is 0 Å². The molecule has 2 rings (SSSR count). The van der Waals surface area contributed by atoms with Crippen molar-refractivity contribution in [2.45, 2.75) is 26.7 Å². The van der Waals surface area contributed by atoms with Gasteiger partial charge in [0.1, 0.15) is 5.75 Å². The average molecular weight is 205 g/mol. The fraction of sp³-hybridized carbons (Fsp3) is 0.538. The second kappa shape index (κ2) is 4.13. The number of hydrogen-bond donors (Lipinski definition) is 1. The zero-order valence-corrected chi connectivity index (χ0v) is 9.71. The third-order valence-electron chi connectivity index (χ3n) is 3.05. The smallest absolute Gasteiger partial charge is 0.121 e. The highest BCUT2D eigenvalue weighted by Crippen LogP contribution is 2.37. The lowest BCUT2D eigenvalue weighted by Crippen LogP contribution is -2.08. The molecule has 82 valence electrons. The molecule has 0 aliphatic carbocycles. The van der Waals surface area contributed by atoms with E-state index in [0.29, 0.717) is 11.8 Å². The topological polar surface area (TPSA) is 21.3 Å². The van der Waals surface area contributed by atoms with E-state index < -0.39 is 0 Å².